The van der Waals surface area contributed by atoms with Gasteiger partial charge in [-0.1, -0.05) is 25.1 Å². The average molecular weight is 370 g/mol. The summed E-state index contributed by atoms with van der Waals surface area (Å²) in [4.78, 5) is 38.2. The molecular weight excluding hydrogens is 344 g/mol. The largest absolute Gasteiger partial charge is 0.322 e. The van der Waals surface area contributed by atoms with Crippen LogP contribution in [0.5, 0.6) is 0 Å². The third-order valence-electron chi connectivity index (χ3n) is 5.96. The van der Waals surface area contributed by atoms with Gasteiger partial charge in [0.1, 0.15) is 6.04 Å². The van der Waals surface area contributed by atoms with Crippen molar-refractivity contribution in [2.75, 3.05) is 19.6 Å². The van der Waals surface area contributed by atoms with Gasteiger partial charge in [0.05, 0.1) is 0 Å². The number of nitrogens with zero attached hydrogens (tertiary/aromatic N) is 1. The molecule has 3 amide bonds. The first kappa shape index (κ1) is 18.1. The van der Waals surface area contributed by atoms with Gasteiger partial charge in [0.25, 0.3) is 5.91 Å². The van der Waals surface area contributed by atoms with Crippen molar-refractivity contribution >= 4 is 17.7 Å². The lowest BCUT2D eigenvalue weighted by atomic mass is 9.81. The standard InChI is InChI=1S/C20H26N4O3/c1-20(11-22-12-20)7-8-21-9-13-3-2-4-14-10-24(19(27)17(13)14)15-5-6-16(25)23-18(15)26/h2-4,15,21-22H,5-12H2,1H3,(H,23,25,26). The van der Waals surface area contributed by atoms with Gasteiger partial charge >= 0.3 is 0 Å². The van der Waals surface area contributed by atoms with Gasteiger partial charge in [0, 0.05) is 38.2 Å². The molecule has 3 aliphatic heterocycles. The highest BCUT2D eigenvalue weighted by Crippen LogP contribution is 2.30. The van der Waals surface area contributed by atoms with Gasteiger partial charge in [-0.05, 0) is 35.9 Å². The van der Waals surface area contributed by atoms with Crippen molar-refractivity contribution in [1.29, 1.82) is 0 Å². The fraction of sp³-hybridized carbons (Fsp3) is 0.550. The van der Waals surface area contributed by atoms with E-state index in [-0.39, 0.29) is 24.1 Å². The summed E-state index contributed by atoms with van der Waals surface area (Å²) in [7, 11) is 0. The number of hydrogen-bond acceptors (Lipinski definition) is 5. The number of fused-ring (bicyclic) bond motifs is 1. The van der Waals surface area contributed by atoms with Crippen LogP contribution in [0.15, 0.2) is 18.2 Å². The van der Waals surface area contributed by atoms with Crippen LogP contribution in [0, 0.1) is 5.41 Å². The van der Waals surface area contributed by atoms with Gasteiger partial charge in [0.15, 0.2) is 0 Å². The second kappa shape index (κ2) is 7.05. The summed E-state index contributed by atoms with van der Waals surface area (Å²) in [6.45, 7) is 6.39. The highest BCUT2D eigenvalue weighted by Gasteiger charge is 2.39. The molecule has 3 heterocycles. The van der Waals surface area contributed by atoms with E-state index in [0.717, 1.165) is 37.2 Å². The van der Waals surface area contributed by atoms with Gasteiger partial charge in [-0.15, -0.1) is 0 Å². The van der Waals surface area contributed by atoms with Crippen molar-refractivity contribution < 1.29 is 14.4 Å². The number of amides is 3. The van der Waals surface area contributed by atoms with Crippen molar-refractivity contribution in [3.8, 4) is 0 Å². The number of benzene rings is 1. The van der Waals surface area contributed by atoms with Crippen molar-refractivity contribution in [3.05, 3.63) is 34.9 Å². The van der Waals surface area contributed by atoms with E-state index in [1.54, 1.807) is 4.90 Å². The van der Waals surface area contributed by atoms with E-state index < -0.39 is 6.04 Å². The minimum absolute atomic E-state index is 0.105. The van der Waals surface area contributed by atoms with Crippen molar-refractivity contribution in [2.45, 2.75) is 45.3 Å². The topological polar surface area (TPSA) is 90.5 Å². The van der Waals surface area contributed by atoms with Gasteiger partial charge in [-0.3, -0.25) is 19.7 Å². The maximum absolute atomic E-state index is 13.0. The quantitative estimate of drug-likeness (QED) is 0.502. The number of imide groups is 1. The van der Waals surface area contributed by atoms with E-state index in [1.807, 2.05) is 18.2 Å². The second-order valence-corrected chi connectivity index (χ2v) is 8.19. The maximum Gasteiger partial charge on any atom is 0.255 e. The van der Waals surface area contributed by atoms with Crippen LogP contribution < -0.4 is 16.0 Å². The molecule has 0 saturated carbocycles. The molecule has 1 atom stereocenters. The Morgan fingerprint density at radius 1 is 1.26 bits per heavy atom. The molecular formula is C20H26N4O3. The molecule has 0 bridgehead atoms. The van der Waals surface area contributed by atoms with E-state index >= 15 is 0 Å². The smallest absolute Gasteiger partial charge is 0.255 e. The zero-order chi connectivity index (χ0) is 19.0. The Morgan fingerprint density at radius 2 is 2.07 bits per heavy atom. The normalized spacial score (nSPS) is 23.8. The van der Waals surface area contributed by atoms with Gasteiger partial charge in [0.2, 0.25) is 11.8 Å². The molecule has 1 aromatic carbocycles. The number of nitrogens with one attached hydrogen (secondary N) is 3. The molecule has 1 aromatic rings. The SMILES string of the molecule is CC1(CCNCc2cccc3c2C(=O)N(C2CCC(=O)NC2=O)C3)CNC1. The molecule has 2 saturated heterocycles. The molecule has 3 N–H and O–H groups in total. The summed E-state index contributed by atoms with van der Waals surface area (Å²) in [5.74, 6) is -0.734. The lowest BCUT2D eigenvalue weighted by molar-refractivity contribution is -0.136. The monoisotopic (exact) mass is 370 g/mol. The molecule has 7 heteroatoms. The Morgan fingerprint density at radius 3 is 2.78 bits per heavy atom. The third-order valence-corrected chi connectivity index (χ3v) is 5.96. The molecule has 0 spiro atoms. The first-order valence-electron chi connectivity index (χ1n) is 9.64. The van der Waals surface area contributed by atoms with Gasteiger partial charge < -0.3 is 15.5 Å². The van der Waals surface area contributed by atoms with Gasteiger partial charge in [-0.2, -0.15) is 0 Å². The summed E-state index contributed by atoms with van der Waals surface area (Å²) < 4.78 is 0. The predicted octanol–water partition coefficient (Wildman–Crippen LogP) is 0.537. The predicted molar refractivity (Wildman–Crippen MR) is 99.8 cm³/mol. The Hall–Kier alpha value is -2.25. The van der Waals surface area contributed by atoms with E-state index in [9.17, 15) is 14.4 Å². The molecule has 2 fully saturated rings. The highest BCUT2D eigenvalue weighted by atomic mass is 16.2. The Labute approximate surface area is 158 Å². The molecule has 3 aliphatic rings. The van der Waals surface area contributed by atoms with Crippen LogP contribution in [0.3, 0.4) is 0 Å². The summed E-state index contributed by atoms with van der Waals surface area (Å²) in [5.41, 5.74) is 3.03. The number of hydrogen-bond donors (Lipinski definition) is 3. The molecule has 7 nitrogen and oxygen atoms in total. The number of piperidine rings is 1. The van der Waals surface area contributed by atoms with Crippen LogP contribution in [0.25, 0.3) is 0 Å². The molecule has 0 aromatic heterocycles. The summed E-state index contributed by atoms with van der Waals surface area (Å²) >= 11 is 0. The number of carbonyl (C=O) groups excluding carboxylic acids is 3. The second-order valence-electron chi connectivity index (χ2n) is 8.19. The maximum atomic E-state index is 13.0. The van der Waals surface area contributed by atoms with Crippen LogP contribution in [0.2, 0.25) is 0 Å². The van der Waals surface area contributed by atoms with E-state index in [4.69, 9.17) is 0 Å². The Bertz CT molecular complexity index is 787. The van der Waals surface area contributed by atoms with Gasteiger partial charge in [-0.25, -0.2) is 0 Å². The molecule has 4 rings (SSSR count). The number of rotatable bonds is 6. The third kappa shape index (κ3) is 3.49. The minimum atomic E-state index is -0.561. The zero-order valence-corrected chi connectivity index (χ0v) is 15.6. The first-order valence-corrected chi connectivity index (χ1v) is 9.64. The van der Waals surface area contributed by atoms with Crippen molar-refractivity contribution in [2.24, 2.45) is 5.41 Å². The van der Waals surface area contributed by atoms with E-state index in [1.165, 1.54) is 0 Å². The summed E-state index contributed by atoms with van der Waals surface area (Å²) in [6.07, 6.45) is 1.77. The lowest BCUT2D eigenvalue weighted by Gasteiger charge is -2.39. The van der Waals surface area contributed by atoms with E-state index in [0.29, 0.717) is 30.5 Å². The first-order chi connectivity index (χ1) is 13.0. The Kier molecular flexibility index (Phi) is 4.74. The molecule has 27 heavy (non-hydrogen) atoms. The zero-order valence-electron chi connectivity index (χ0n) is 15.6. The van der Waals surface area contributed by atoms with Crippen molar-refractivity contribution in [3.63, 3.8) is 0 Å². The number of carbonyl (C=O) groups is 3. The molecule has 0 radical (unpaired) electrons. The molecule has 0 aliphatic carbocycles. The van der Waals surface area contributed by atoms with Crippen LogP contribution >= 0.6 is 0 Å². The highest BCUT2D eigenvalue weighted by molar-refractivity contribution is 6.05. The van der Waals surface area contributed by atoms with Crippen LogP contribution in [-0.2, 0) is 22.7 Å². The molecule has 144 valence electrons. The minimum Gasteiger partial charge on any atom is -0.322 e. The summed E-state index contributed by atoms with van der Waals surface area (Å²) in [5, 5.41) is 9.12. The van der Waals surface area contributed by atoms with Crippen LogP contribution in [0.1, 0.15) is 47.7 Å². The van der Waals surface area contributed by atoms with Crippen LogP contribution in [0.4, 0.5) is 0 Å². The lowest BCUT2D eigenvalue weighted by Crippen LogP contribution is -2.52. The van der Waals surface area contributed by atoms with E-state index in [2.05, 4.69) is 22.9 Å². The average Bonchev–Trinajstić information content (AvgIpc) is 2.95. The fourth-order valence-electron chi connectivity index (χ4n) is 4.18. The van der Waals surface area contributed by atoms with Crippen LogP contribution in [-0.4, -0.2) is 48.3 Å². The van der Waals surface area contributed by atoms with Crippen molar-refractivity contribution in [1.82, 2.24) is 20.9 Å². The Balaban J connectivity index is 1.42. The fourth-order valence-corrected chi connectivity index (χ4v) is 4.18. The summed E-state index contributed by atoms with van der Waals surface area (Å²) in [6, 6.07) is 5.33. The molecule has 1 unspecified atom stereocenters.